The maximum Gasteiger partial charge on any atom is 0.410 e. The molecule has 1 amide bonds. The fourth-order valence-corrected chi connectivity index (χ4v) is 13.1. The predicted octanol–water partition coefficient (Wildman–Crippen LogP) is 12.8. The van der Waals surface area contributed by atoms with E-state index in [0.717, 1.165) is 53.5 Å². The Balaban J connectivity index is 0.821. The molecule has 5 saturated heterocycles. The molecular weight excluding hydrogens is 1130 g/mol. The van der Waals surface area contributed by atoms with Gasteiger partial charge in [-0.15, -0.1) is 0 Å². The molecule has 9 unspecified atom stereocenters. The minimum atomic E-state index is -0.775. The molecular formula is C73H97NO15. The summed E-state index contributed by atoms with van der Waals surface area (Å²) in [5.41, 5.74) is 4.99. The molecule has 5 aliphatic heterocycles. The molecule has 5 heterocycles. The van der Waals surface area contributed by atoms with Crippen molar-refractivity contribution in [3.05, 3.63) is 179 Å². The van der Waals surface area contributed by atoms with Gasteiger partial charge in [-0.2, -0.15) is 0 Å². The number of hydrogen-bond acceptors (Lipinski definition) is 15. The highest BCUT2D eigenvalue weighted by atomic mass is 16.8. The Morgan fingerprint density at radius 3 is 1.55 bits per heavy atom. The lowest BCUT2D eigenvalue weighted by Crippen LogP contribution is -2.63. The van der Waals surface area contributed by atoms with Crippen molar-refractivity contribution in [1.29, 1.82) is 0 Å². The van der Waals surface area contributed by atoms with Crippen molar-refractivity contribution < 1.29 is 71.5 Å². The summed E-state index contributed by atoms with van der Waals surface area (Å²) >= 11 is 0. The Bertz CT molecular complexity index is 2820. The molecule has 5 aliphatic rings. The average molecular weight is 1230 g/mol. The Kier molecular flexibility index (Phi) is 24.7. The Morgan fingerprint density at radius 2 is 0.978 bits per heavy atom. The molecule has 89 heavy (non-hydrogen) atoms. The molecule has 5 aromatic rings. The van der Waals surface area contributed by atoms with Gasteiger partial charge >= 0.3 is 6.09 Å². The molecule has 0 radical (unpaired) electrons. The number of unbranched alkanes of at least 4 members (excludes halogenated alkanes) is 2. The monoisotopic (exact) mass is 1230 g/mol. The number of carbonyl (C=O) groups is 1. The standard InChI is InChI=1S/C73H97NO15/c1-9-59-51(6)63(75)52(7)70(82-59)88-66-53(8)71(85-62-46-80-72(89-67(62)66)58-36-24-14-25-37-58)87-65-48(3)50(5)69(84-61(65)45-78-42-56-32-20-12-21-33-56)86-64-47(2)49(4)68(83-60(64)44-77-41-55-30-18-11-19-31-55)79-39-27-15-26-38-74(40-54-28-16-10-17-29-54)73(76)81-43-57-34-22-13-23-35-57/h10-14,16-25,28-37,47-53,59-72,75H,9,15,26-27,38-46H2,1-8H3/t47?,48?,49-,50-,51-,52-,53-,59?,60?,61?,62?,63?,64-,65+,66?,67-,68+,69-,70-,71+,72?/m0/s1. The Morgan fingerprint density at radius 1 is 0.494 bits per heavy atom. The zero-order valence-corrected chi connectivity index (χ0v) is 53.4. The lowest BCUT2D eigenvalue weighted by molar-refractivity contribution is -0.394. The molecule has 16 heteroatoms. The highest BCUT2D eigenvalue weighted by Gasteiger charge is 2.55. The zero-order valence-electron chi connectivity index (χ0n) is 53.4. The van der Waals surface area contributed by atoms with Crippen LogP contribution in [0.15, 0.2) is 152 Å². The summed E-state index contributed by atoms with van der Waals surface area (Å²) in [6, 6.07) is 49.9. The molecule has 21 atom stereocenters. The number of hydrogen-bond donors (Lipinski definition) is 1. The number of nitrogens with zero attached hydrogens (tertiary/aromatic N) is 1. The van der Waals surface area contributed by atoms with Gasteiger partial charge in [-0.1, -0.05) is 207 Å². The van der Waals surface area contributed by atoms with Crippen LogP contribution in [0.5, 0.6) is 0 Å². The van der Waals surface area contributed by atoms with E-state index in [9.17, 15) is 9.90 Å². The summed E-state index contributed by atoms with van der Waals surface area (Å²) in [4.78, 5) is 15.3. The second kappa shape index (κ2) is 32.9. The molecule has 0 saturated carbocycles. The van der Waals surface area contributed by atoms with Crippen molar-refractivity contribution in [2.45, 2.75) is 194 Å². The topological polar surface area (TPSA) is 161 Å². The van der Waals surface area contributed by atoms with Gasteiger partial charge in [0.2, 0.25) is 0 Å². The van der Waals surface area contributed by atoms with Gasteiger partial charge in [0.1, 0.15) is 31.0 Å². The van der Waals surface area contributed by atoms with Crippen LogP contribution in [0.25, 0.3) is 0 Å². The van der Waals surface area contributed by atoms with Crippen LogP contribution in [-0.4, -0.2) is 129 Å². The van der Waals surface area contributed by atoms with Crippen molar-refractivity contribution in [2.75, 3.05) is 33.0 Å². The number of rotatable bonds is 27. The molecule has 5 aromatic carbocycles. The van der Waals surface area contributed by atoms with Gasteiger partial charge in [-0.25, -0.2) is 4.79 Å². The fourth-order valence-electron chi connectivity index (χ4n) is 13.1. The van der Waals surface area contributed by atoms with Gasteiger partial charge in [0.25, 0.3) is 0 Å². The number of aliphatic hydroxyl groups is 1. The van der Waals surface area contributed by atoms with Crippen molar-refractivity contribution >= 4 is 6.09 Å². The van der Waals surface area contributed by atoms with Gasteiger partial charge in [0.15, 0.2) is 31.5 Å². The number of amides is 1. The van der Waals surface area contributed by atoms with E-state index in [2.05, 4.69) is 65.8 Å². The molecule has 0 aliphatic carbocycles. The maximum absolute atomic E-state index is 13.5. The normalized spacial score (nSPS) is 33.9. The second-order valence-corrected chi connectivity index (χ2v) is 25.4. The number of fused-ring (bicyclic) bond motifs is 1. The molecule has 1 N–H and O–H groups in total. The van der Waals surface area contributed by atoms with Crippen LogP contribution < -0.4 is 0 Å². The smallest absolute Gasteiger partial charge is 0.410 e. The van der Waals surface area contributed by atoms with Crippen LogP contribution in [0.2, 0.25) is 0 Å². The molecule has 0 aromatic heterocycles. The summed E-state index contributed by atoms with van der Waals surface area (Å²) in [6.07, 6.45) is -4.91. The van der Waals surface area contributed by atoms with Gasteiger partial charge < -0.3 is 71.6 Å². The van der Waals surface area contributed by atoms with Crippen LogP contribution >= 0.6 is 0 Å². The largest absolute Gasteiger partial charge is 0.445 e. The van der Waals surface area contributed by atoms with Crippen LogP contribution in [0, 0.1) is 41.4 Å². The SMILES string of the molecule is CCC1O[C@@H](OC2[C@H]3OC(c4ccccc4)OCC3O[C@H](O[C@H]3C(COCc4ccccc4)O[C@@H](O[C@@H]4C(COCc5ccccc5)O[C@@H](OCCCCCN(Cc5ccccc5)C(=O)OCc5ccccc5)[C@@H](C)C4C)[C@@H](C)C3C)[C@H]2C)[C@@H](C)C(O)[C@H]1C. The first-order chi connectivity index (χ1) is 43.3. The third-order valence-electron chi connectivity index (χ3n) is 19.1. The van der Waals surface area contributed by atoms with E-state index in [1.165, 1.54) is 0 Å². The van der Waals surface area contributed by atoms with E-state index in [1.807, 2.05) is 141 Å². The van der Waals surface area contributed by atoms with Gasteiger partial charge in [0.05, 0.1) is 63.6 Å². The molecule has 484 valence electrons. The predicted molar refractivity (Wildman–Crippen MR) is 335 cm³/mol. The molecule has 0 bridgehead atoms. The number of ether oxygens (including phenoxy) is 13. The number of carbonyl (C=O) groups excluding carboxylic acids is 1. The lowest BCUT2D eigenvalue weighted by Gasteiger charge is -2.53. The first-order valence-corrected chi connectivity index (χ1v) is 32.8. The summed E-state index contributed by atoms with van der Waals surface area (Å²) in [5, 5.41) is 11.5. The highest BCUT2D eigenvalue weighted by Crippen LogP contribution is 2.45. The third-order valence-corrected chi connectivity index (χ3v) is 19.1. The maximum atomic E-state index is 13.5. The van der Waals surface area contributed by atoms with Crippen molar-refractivity contribution in [3.8, 4) is 0 Å². The molecule has 5 fully saturated rings. The van der Waals surface area contributed by atoms with Crippen molar-refractivity contribution in [1.82, 2.24) is 4.90 Å². The first-order valence-electron chi connectivity index (χ1n) is 32.8. The Labute approximate surface area is 528 Å². The van der Waals surface area contributed by atoms with Crippen molar-refractivity contribution in [2.24, 2.45) is 41.4 Å². The van der Waals surface area contributed by atoms with E-state index in [0.29, 0.717) is 32.9 Å². The van der Waals surface area contributed by atoms with E-state index in [1.54, 1.807) is 4.90 Å². The summed E-state index contributed by atoms with van der Waals surface area (Å²) in [6.45, 7) is 20.1. The molecule has 10 rings (SSSR count). The quantitative estimate of drug-likeness (QED) is 0.0494. The van der Waals surface area contributed by atoms with E-state index in [-0.39, 0.29) is 80.1 Å². The van der Waals surface area contributed by atoms with Gasteiger partial charge in [-0.3, -0.25) is 0 Å². The highest BCUT2D eigenvalue weighted by molar-refractivity contribution is 5.67. The van der Waals surface area contributed by atoms with Gasteiger partial charge in [0, 0.05) is 54.8 Å². The van der Waals surface area contributed by atoms with Crippen LogP contribution in [0.4, 0.5) is 4.79 Å². The summed E-state index contributed by atoms with van der Waals surface area (Å²) < 4.78 is 88.2. The van der Waals surface area contributed by atoms with Crippen LogP contribution in [0.3, 0.4) is 0 Å². The molecule has 16 nitrogen and oxygen atoms in total. The third kappa shape index (κ3) is 17.5. The minimum Gasteiger partial charge on any atom is -0.445 e. The number of aliphatic hydroxyl groups excluding tert-OH is 1. The number of benzene rings is 5. The zero-order chi connectivity index (χ0) is 62.2. The summed E-state index contributed by atoms with van der Waals surface area (Å²) in [5.74, 6) is -1.09. The lowest BCUT2D eigenvalue weighted by atomic mass is 9.82. The van der Waals surface area contributed by atoms with Crippen molar-refractivity contribution in [3.63, 3.8) is 0 Å². The van der Waals surface area contributed by atoms with Crippen LogP contribution in [0.1, 0.15) is 115 Å². The second-order valence-electron chi connectivity index (χ2n) is 25.4. The van der Waals surface area contributed by atoms with E-state index < -0.39 is 80.3 Å². The van der Waals surface area contributed by atoms with Gasteiger partial charge in [-0.05, 0) is 59.8 Å². The first kappa shape index (κ1) is 66.8. The average Bonchev–Trinajstić information content (AvgIpc) is 1.58. The fraction of sp³-hybridized carbons (Fsp3) is 0.575. The Hall–Kier alpha value is -5.15. The summed E-state index contributed by atoms with van der Waals surface area (Å²) in [7, 11) is 0. The van der Waals surface area contributed by atoms with E-state index in [4.69, 9.17) is 61.6 Å². The minimum absolute atomic E-state index is 0.0315. The molecule has 0 spiro atoms. The van der Waals surface area contributed by atoms with E-state index >= 15 is 0 Å². The van der Waals surface area contributed by atoms with Crippen LogP contribution in [-0.2, 0) is 87.9 Å².